The molecule has 1 aliphatic heterocycles. The lowest BCUT2D eigenvalue weighted by atomic mass is 10.3. The normalized spacial score (nSPS) is 15.5. The summed E-state index contributed by atoms with van der Waals surface area (Å²) in [5.41, 5.74) is 1.02. The van der Waals surface area contributed by atoms with Gasteiger partial charge in [0, 0.05) is 13.2 Å². The van der Waals surface area contributed by atoms with E-state index in [1.165, 1.54) is 12.1 Å². The average Bonchev–Trinajstić information content (AvgIpc) is 2.49. The van der Waals surface area contributed by atoms with Gasteiger partial charge in [0.15, 0.2) is 0 Å². The first-order chi connectivity index (χ1) is 10.4. The van der Waals surface area contributed by atoms with Crippen LogP contribution in [0.2, 0.25) is 10.0 Å². The maximum Gasteiger partial charge on any atom is 0.287 e. The van der Waals surface area contributed by atoms with Gasteiger partial charge in [-0.15, -0.1) is 4.40 Å². The number of nitrogens with zero attached hydrogens (tertiary/aromatic N) is 3. The molecule has 1 N–H and O–H groups in total. The van der Waals surface area contributed by atoms with Crippen molar-refractivity contribution < 1.29 is 8.42 Å². The van der Waals surface area contributed by atoms with Crippen molar-refractivity contribution in [1.82, 2.24) is 4.98 Å². The van der Waals surface area contributed by atoms with Crippen LogP contribution >= 0.6 is 23.2 Å². The van der Waals surface area contributed by atoms with E-state index >= 15 is 0 Å². The molecule has 0 unspecified atom stereocenters. The summed E-state index contributed by atoms with van der Waals surface area (Å²) in [5, 5.41) is 3.36. The molecule has 1 aromatic carbocycles. The third-order valence-electron chi connectivity index (χ3n) is 3.10. The van der Waals surface area contributed by atoms with E-state index in [1.807, 2.05) is 0 Å². The van der Waals surface area contributed by atoms with Crippen molar-refractivity contribution >= 4 is 50.6 Å². The van der Waals surface area contributed by atoms with Gasteiger partial charge in [0.1, 0.15) is 4.90 Å². The standard InChI is InChI=1S/C13H10Cl2N4O2S/c1-19(8-3-2-4-16-7-8)13-17-11-5-9(14)10(15)6-12(11)22(20,21)18-13/h2-7H,1H3,(H,17,18). The van der Waals surface area contributed by atoms with Crippen molar-refractivity contribution in [1.29, 1.82) is 0 Å². The van der Waals surface area contributed by atoms with E-state index < -0.39 is 10.0 Å². The molecule has 22 heavy (non-hydrogen) atoms. The number of hydrogen-bond donors (Lipinski definition) is 1. The molecule has 0 spiro atoms. The second-order valence-corrected chi connectivity index (χ2v) is 6.93. The molecule has 0 saturated heterocycles. The number of rotatable bonds is 1. The molecule has 0 aliphatic carbocycles. The lowest BCUT2D eigenvalue weighted by Crippen LogP contribution is -2.36. The number of anilines is 2. The van der Waals surface area contributed by atoms with Crippen LogP contribution in [0.1, 0.15) is 0 Å². The quantitative estimate of drug-likeness (QED) is 0.849. The molecule has 0 fully saturated rings. The molecule has 1 aliphatic rings. The van der Waals surface area contributed by atoms with Crippen LogP contribution in [-0.2, 0) is 10.0 Å². The average molecular weight is 357 g/mol. The number of sulfonamides is 1. The van der Waals surface area contributed by atoms with Gasteiger partial charge >= 0.3 is 0 Å². The number of pyridine rings is 1. The lowest BCUT2D eigenvalue weighted by molar-refractivity contribution is 0.597. The number of halogens is 2. The van der Waals surface area contributed by atoms with E-state index in [4.69, 9.17) is 23.2 Å². The molecule has 3 rings (SSSR count). The highest BCUT2D eigenvalue weighted by atomic mass is 35.5. The fraction of sp³-hybridized carbons (Fsp3) is 0.0769. The molecule has 0 radical (unpaired) electrons. The van der Waals surface area contributed by atoms with Gasteiger partial charge in [-0.2, -0.15) is 8.42 Å². The summed E-state index contributed by atoms with van der Waals surface area (Å²) in [6, 6.07) is 6.27. The molecule has 1 aromatic heterocycles. The van der Waals surface area contributed by atoms with E-state index in [2.05, 4.69) is 14.7 Å². The second-order valence-electron chi connectivity index (χ2n) is 4.55. The number of hydrogen-bond acceptors (Lipinski definition) is 5. The number of fused-ring (bicyclic) bond motifs is 1. The Hall–Kier alpha value is -1.83. The summed E-state index contributed by atoms with van der Waals surface area (Å²) in [4.78, 5) is 5.56. The van der Waals surface area contributed by atoms with Crippen LogP contribution in [0.5, 0.6) is 0 Å². The van der Waals surface area contributed by atoms with E-state index in [-0.39, 0.29) is 20.9 Å². The molecular weight excluding hydrogens is 347 g/mol. The van der Waals surface area contributed by atoms with E-state index in [0.717, 1.165) is 0 Å². The maximum atomic E-state index is 12.3. The molecule has 0 saturated carbocycles. The Kier molecular flexibility index (Phi) is 3.72. The fourth-order valence-corrected chi connectivity index (χ4v) is 3.51. The van der Waals surface area contributed by atoms with Crippen LogP contribution in [0, 0.1) is 0 Å². The summed E-state index contributed by atoms with van der Waals surface area (Å²) in [6.45, 7) is 0. The minimum atomic E-state index is -3.86. The number of aromatic nitrogens is 1. The highest BCUT2D eigenvalue weighted by Crippen LogP contribution is 2.35. The van der Waals surface area contributed by atoms with Gasteiger partial charge < -0.3 is 10.2 Å². The Labute approximate surface area is 137 Å². The summed E-state index contributed by atoms with van der Waals surface area (Å²) < 4.78 is 28.4. The van der Waals surface area contributed by atoms with Crippen molar-refractivity contribution in [2.45, 2.75) is 4.90 Å². The van der Waals surface area contributed by atoms with E-state index in [9.17, 15) is 8.42 Å². The molecule has 0 amide bonds. The summed E-state index contributed by atoms with van der Waals surface area (Å²) in [7, 11) is -2.18. The Balaban J connectivity index is 2.07. The van der Waals surface area contributed by atoms with Crippen LogP contribution in [0.15, 0.2) is 46.0 Å². The Morgan fingerprint density at radius 2 is 1.95 bits per heavy atom. The molecule has 2 heterocycles. The molecule has 9 heteroatoms. The molecule has 6 nitrogen and oxygen atoms in total. The Morgan fingerprint density at radius 1 is 1.23 bits per heavy atom. The van der Waals surface area contributed by atoms with Crippen molar-refractivity contribution in [3.63, 3.8) is 0 Å². The van der Waals surface area contributed by atoms with Gasteiger partial charge in [-0.1, -0.05) is 23.2 Å². The predicted molar refractivity (Wildman–Crippen MR) is 87.3 cm³/mol. The first-order valence-electron chi connectivity index (χ1n) is 6.13. The van der Waals surface area contributed by atoms with Gasteiger partial charge in [-0.3, -0.25) is 4.98 Å². The number of benzene rings is 1. The zero-order valence-electron chi connectivity index (χ0n) is 11.3. The van der Waals surface area contributed by atoms with Gasteiger partial charge in [0.05, 0.1) is 27.6 Å². The molecule has 0 atom stereocenters. The van der Waals surface area contributed by atoms with E-state index in [1.54, 1.807) is 36.5 Å². The van der Waals surface area contributed by atoms with Gasteiger partial charge in [0.25, 0.3) is 10.0 Å². The zero-order valence-corrected chi connectivity index (χ0v) is 13.6. The maximum absolute atomic E-state index is 12.3. The lowest BCUT2D eigenvalue weighted by Gasteiger charge is -2.25. The topological polar surface area (TPSA) is 74.7 Å². The molecule has 0 bridgehead atoms. The minimum absolute atomic E-state index is 0.00904. The minimum Gasteiger partial charge on any atom is -0.324 e. The Morgan fingerprint density at radius 3 is 2.64 bits per heavy atom. The zero-order chi connectivity index (χ0) is 15.9. The number of guanidine groups is 1. The van der Waals surface area contributed by atoms with Crippen LogP contribution in [0.25, 0.3) is 0 Å². The number of nitrogens with one attached hydrogen (secondary N) is 1. The highest BCUT2D eigenvalue weighted by molar-refractivity contribution is 7.90. The third kappa shape index (κ3) is 2.63. The SMILES string of the molecule is CN(C1=NS(=O)(=O)c2cc(Cl)c(Cl)cc2N1)c1cccnc1. The largest absolute Gasteiger partial charge is 0.324 e. The Bertz CT molecular complexity index is 869. The summed E-state index contributed by atoms with van der Waals surface area (Å²) in [5.74, 6) is 0.152. The predicted octanol–water partition coefficient (Wildman–Crippen LogP) is 3.00. The van der Waals surface area contributed by atoms with Crippen molar-refractivity contribution in [3.05, 3.63) is 46.7 Å². The summed E-state index contributed by atoms with van der Waals surface area (Å²) >= 11 is 11.8. The third-order valence-corrected chi connectivity index (χ3v) is 5.13. The van der Waals surface area contributed by atoms with Crippen molar-refractivity contribution in [2.24, 2.45) is 4.40 Å². The monoisotopic (exact) mass is 356 g/mol. The molecule has 2 aromatic rings. The van der Waals surface area contributed by atoms with Crippen LogP contribution in [0.4, 0.5) is 11.4 Å². The van der Waals surface area contributed by atoms with Crippen LogP contribution in [-0.4, -0.2) is 26.4 Å². The van der Waals surface area contributed by atoms with Gasteiger partial charge in [-0.05, 0) is 24.3 Å². The highest BCUT2D eigenvalue weighted by Gasteiger charge is 2.28. The molecular formula is C13H10Cl2N4O2S. The first-order valence-corrected chi connectivity index (χ1v) is 8.33. The van der Waals surface area contributed by atoms with Crippen molar-refractivity contribution in [2.75, 3.05) is 17.3 Å². The fourth-order valence-electron chi connectivity index (χ4n) is 1.97. The second kappa shape index (κ2) is 5.42. The summed E-state index contributed by atoms with van der Waals surface area (Å²) in [6.07, 6.45) is 3.22. The van der Waals surface area contributed by atoms with Crippen LogP contribution < -0.4 is 10.2 Å². The van der Waals surface area contributed by atoms with Crippen LogP contribution in [0.3, 0.4) is 0 Å². The van der Waals surface area contributed by atoms with Gasteiger partial charge in [0.2, 0.25) is 5.96 Å². The van der Waals surface area contributed by atoms with E-state index in [0.29, 0.717) is 11.4 Å². The van der Waals surface area contributed by atoms with Crippen molar-refractivity contribution in [3.8, 4) is 0 Å². The van der Waals surface area contributed by atoms with Gasteiger partial charge in [-0.25, -0.2) is 0 Å². The smallest absolute Gasteiger partial charge is 0.287 e. The first kappa shape index (κ1) is 15.1. The molecule has 114 valence electrons.